The van der Waals surface area contributed by atoms with Crippen molar-refractivity contribution in [1.29, 1.82) is 0 Å². The molecular formula is C24H34O8. The van der Waals surface area contributed by atoms with E-state index >= 15 is 0 Å². The van der Waals surface area contributed by atoms with Gasteiger partial charge in [-0.25, -0.2) is 0 Å². The van der Waals surface area contributed by atoms with Crippen LogP contribution in [0.25, 0.3) is 0 Å². The van der Waals surface area contributed by atoms with Gasteiger partial charge in [-0.1, -0.05) is 20.4 Å². The maximum absolute atomic E-state index is 12.2. The van der Waals surface area contributed by atoms with E-state index in [4.69, 9.17) is 14.2 Å². The Labute approximate surface area is 187 Å². The Hall–Kier alpha value is -1.48. The van der Waals surface area contributed by atoms with Crippen molar-refractivity contribution < 1.29 is 39.1 Å². The molecule has 0 radical (unpaired) electrons. The average Bonchev–Trinajstić information content (AvgIpc) is 2.80. The van der Waals surface area contributed by atoms with Gasteiger partial charge in [-0.2, -0.15) is 0 Å². The van der Waals surface area contributed by atoms with E-state index in [1.54, 1.807) is 0 Å². The molecule has 6 aliphatic rings. The van der Waals surface area contributed by atoms with Gasteiger partial charge in [0, 0.05) is 31.1 Å². The molecule has 0 amide bonds. The van der Waals surface area contributed by atoms with Crippen LogP contribution in [0.3, 0.4) is 0 Å². The lowest BCUT2D eigenvalue weighted by atomic mass is 9.35. The predicted octanol–water partition coefficient (Wildman–Crippen LogP) is 1.31. The molecule has 2 heterocycles. The van der Waals surface area contributed by atoms with Crippen LogP contribution in [0.5, 0.6) is 0 Å². The molecule has 2 aliphatic heterocycles. The minimum atomic E-state index is -2.10. The van der Waals surface area contributed by atoms with E-state index < -0.39 is 64.8 Å². The average molecular weight is 451 g/mol. The summed E-state index contributed by atoms with van der Waals surface area (Å²) < 4.78 is 17.8. The summed E-state index contributed by atoms with van der Waals surface area (Å²) >= 11 is 0. The van der Waals surface area contributed by atoms with Gasteiger partial charge >= 0.3 is 11.9 Å². The number of carbonyl (C=O) groups is 2. The number of hydrogen-bond donors (Lipinski definition) is 3. The number of aliphatic hydroxyl groups is 3. The quantitative estimate of drug-likeness (QED) is 0.425. The minimum Gasteiger partial charge on any atom is -0.462 e. The molecule has 6 rings (SSSR count). The third-order valence-electron chi connectivity index (χ3n) is 9.67. The van der Waals surface area contributed by atoms with Crippen LogP contribution < -0.4 is 0 Å². The van der Waals surface area contributed by atoms with Crippen molar-refractivity contribution in [3.8, 4) is 0 Å². The predicted molar refractivity (Wildman–Crippen MR) is 111 cm³/mol. The van der Waals surface area contributed by atoms with Gasteiger partial charge in [0.05, 0.1) is 24.2 Å². The lowest BCUT2D eigenvalue weighted by molar-refractivity contribution is -0.476. The molecule has 0 aromatic carbocycles. The van der Waals surface area contributed by atoms with Crippen molar-refractivity contribution in [2.75, 3.05) is 6.61 Å². The Balaban J connectivity index is 1.80. The Morgan fingerprint density at radius 2 is 1.75 bits per heavy atom. The zero-order valence-corrected chi connectivity index (χ0v) is 19.2. The number of aliphatic hydroxyl groups excluding tert-OH is 2. The lowest BCUT2D eigenvalue weighted by Crippen LogP contribution is -2.86. The normalized spacial score (nSPS) is 52.7. The molecule has 2 spiro atoms. The maximum atomic E-state index is 12.2. The Morgan fingerprint density at radius 1 is 1.09 bits per heavy atom. The fraction of sp³-hybridized carbons (Fsp3) is 0.833. The zero-order valence-electron chi connectivity index (χ0n) is 19.2. The summed E-state index contributed by atoms with van der Waals surface area (Å²) in [5, 5.41) is 35.3. The molecule has 8 heteroatoms. The van der Waals surface area contributed by atoms with E-state index in [9.17, 15) is 24.9 Å². The smallest absolute Gasteiger partial charge is 0.303 e. The third-order valence-corrected chi connectivity index (χ3v) is 9.67. The van der Waals surface area contributed by atoms with Crippen LogP contribution in [-0.4, -0.2) is 64.1 Å². The van der Waals surface area contributed by atoms with Crippen LogP contribution in [-0.2, 0) is 23.8 Å². The highest BCUT2D eigenvalue weighted by molar-refractivity contribution is 5.67. The Morgan fingerprint density at radius 3 is 2.38 bits per heavy atom. The molecule has 4 aliphatic carbocycles. The van der Waals surface area contributed by atoms with Gasteiger partial charge in [-0.3, -0.25) is 9.59 Å². The van der Waals surface area contributed by atoms with Gasteiger partial charge in [-0.15, -0.1) is 0 Å². The first-order valence-electron chi connectivity index (χ1n) is 11.6. The van der Waals surface area contributed by atoms with Gasteiger partial charge in [0.2, 0.25) is 5.79 Å². The number of rotatable bonds is 2. The molecule has 32 heavy (non-hydrogen) atoms. The summed E-state index contributed by atoms with van der Waals surface area (Å²) in [6.45, 7) is 10.9. The van der Waals surface area contributed by atoms with E-state index in [1.807, 2.05) is 0 Å². The molecule has 1 unspecified atom stereocenters. The molecule has 3 N–H and O–H groups in total. The highest BCUT2D eigenvalue weighted by Gasteiger charge is 2.87. The van der Waals surface area contributed by atoms with E-state index in [1.165, 1.54) is 13.8 Å². The molecule has 2 saturated heterocycles. The van der Waals surface area contributed by atoms with Gasteiger partial charge in [-0.05, 0) is 42.6 Å². The van der Waals surface area contributed by atoms with Gasteiger partial charge in [0.25, 0.3) is 0 Å². The van der Waals surface area contributed by atoms with Crippen LogP contribution in [0.4, 0.5) is 0 Å². The zero-order chi connectivity index (χ0) is 23.4. The van der Waals surface area contributed by atoms with E-state index in [-0.39, 0.29) is 17.9 Å². The number of carbonyl (C=O) groups excluding carboxylic acids is 2. The third kappa shape index (κ3) is 2.27. The van der Waals surface area contributed by atoms with E-state index in [2.05, 4.69) is 20.4 Å². The summed E-state index contributed by atoms with van der Waals surface area (Å²) in [6, 6.07) is 0. The van der Waals surface area contributed by atoms with E-state index in [0.29, 0.717) is 31.3 Å². The number of ether oxygens (including phenoxy) is 3. The van der Waals surface area contributed by atoms with Gasteiger partial charge < -0.3 is 29.5 Å². The number of hydrogen-bond acceptors (Lipinski definition) is 8. The van der Waals surface area contributed by atoms with Gasteiger partial charge in [0.1, 0.15) is 6.10 Å². The van der Waals surface area contributed by atoms with Crippen LogP contribution >= 0.6 is 0 Å². The standard InChI is InChI=1S/C24H34O8/c1-11-14-6-7-15-22-10-30-24(29,23(15,18(11)27)19(14)28)20(32-13(3)26)17(22)21(4,5)9-8-16(22)31-12(2)25/h14-20,27-29H,1,6-10H2,2-5H3/t14-,15-,16-,17+,18+,19-,20-,22+,23?,24-/m0/s1. The molecular weight excluding hydrogens is 416 g/mol. The summed E-state index contributed by atoms with van der Waals surface area (Å²) in [5.74, 6) is -4.28. The van der Waals surface area contributed by atoms with Crippen molar-refractivity contribution >= 4 is 11.9 Å². The second-order valence-corrected chi connectivity index (χ2v) is 11.3. The summed E-state index contributed by atoms with van der Waals surface area (Å²) in [5.41, 5.74) is -2.26. The second-order valence-electron chi connectivity index (χ2n) is 11.3. The molecule has 10 atom stereocenters. The van der Waals surface area contributed by atoms with Crippen molar-refractivity contribution in [3.05, 3.63) is 12.2 Å². The highest BCUT2D eigenvalue weighted by atomic mass is 16.7. The summed E-state index contributed by atoms with van der Waals surface area (Å²) in [6.07, 6.45) is -1.53. The first-order chi connectivity index (χ1) is 14.9. The van der Waals surface area contributed by atoms with Crippen LogP contribution in [0.15, 0.2) is 12.2 Å². The fourth-order valence-electron chi connectivity index (χ4n) is 8.78. The first-order valence-corrected chi connectivity index (χ1v) is 11.6. The molecule has 4 saturated carbocycles. The second kappa shape index (κ2) is 6.56. The maximum Gasteiger partial charge on any atom is 0.303 e. The van der Waals surface area contributed by atoms with Crippen molar-refractivity contribution in [2.45, 2.75) is 83.6 Å². The Bertz CT molecular complexity index is 883. The van der Waals surface area contributed by atoms with Crippen LogP contribution in [0.2, 0.25) is 0 Å². The lowest BCUT2D eigenvalue weighted by Gasteiger charge is -2.75. The topological polar surface area (TPSA) is 123 Å². The molecule has 0 aromatic heterocycles. The molecule has 0 aromatic rings. The summed E-state index contributed by atoms with van der Waals surface area (Å²) in [7, 11) is 0. The van der Waals surface area contributed by atoms with Gasteiger partial charge in [0.15, 0.2) is 6.10 Å². The first kappa shape index (κ1) is 22.3. The van der Waals surface area contributed by atoms with Crippen LogP contribution in [0, 0.1) is 34.0 Å². The van der Waals surface area contributed by atoms with Crippen molar-refractivity contribution in [2.24, 2.45) is 34.0 Å². The number of esters is 2. The Kier molecular flexibility index (Phi) is 4.57. The SMILES string of the molecule is C=C1[C@@H](O)C23[C@@H](CC[C@@H]1[C@@H]2O)[C@@]12CO[C@@]3(O)[C@@H](OC(C)=O)[C@@H]1C(C)(C)CC[C@@H]2OC(C)=O. The molecule has 6 fully saturated rings. The minimum absolute atomic E-state index is 0.0936. The van der Waals surface area contributed by atoms with Crippen molar-refractivity contribution in [3.63, 3.8) is 0 Å². The largest absolute Gasteiger partial charge is 0.462 e. The molecule has 4 bridgehead atoms. The monoisotopic (exact) mass is 450 g/mol. The van der Waals surface area contributed by atoms with E-state index in [0.717, 1.165) is 0 Å². The highest BCUT2D eigenvalue weighted by Crippen LogP contribution is 2.78. The van der Waals surface area contributed by atoms with Crippen LogP contribution in [0.1, 0.15) is 53.4 Å². The molecule has 178 valence electrons. The molecule has 8 nitrogen and oxygen atoms in total. The number of fused-ring (bicyclic) bond motifs is 2. The van der Waals surface area contributed by atoms with Crippen molar-refractivity contribution in [1.82, 2.24) is 0 Å². The fourth-order valence-corrected chi connectivity index (χ4v) is 8.78. The summed E-state index contributed by atoms with van der Waals surface area (Å²) in [4.78, 5) is 24.4.